The molecule has 1 rings (SSSR count). The Morgan fingerprint density at radius 3 is 3.00 bits per heavy atom. The Morgan fingerprint density at radius 2 is 2.42 bits per heavy atom. The molecule has 0 aliphatic rings. The lowest BCUT2D eigenvalue weighted by atomic mass is 10.6. The minimum Gasteiger partial charge on any atom is -0.476 e. The first-order chi connectivity index (χ1) is 5.65. The molecule has 0 spiro atoms. The van der Waals surface area contributed by atoms with Crippen LogP contribution < -0.4 is 10.4 Å². The quantitative estimate of drug-likeness (QED) is 0.645. The van der Waals surface area contributed by atoms with Crippen molar-refractivity contribution in [3.63, 3.8) is 0 Å². The first kappa shape index (κ1) is 8.70. The van der Waals surface area contributed by atoms with Crippen LogP contribution in [0.3, 0.4) is 0 Å². The third-order valence-corrected chi connectivity index (χ3v) is 1.29. The zero-order valence-electron chi connectivity index (χ0n) is 6.87. The SMILES string of the molecule is CCOc1nc(=O)n(C)cc1F. The van der Waals surface area contributed by atoms with Crippen LogP contribution in [0.2, 0.25) is 0 Å². The number of hydrogen-bond donors (Lipinski definition) is 0. The number of aryl methyl sites for hydroxylation is 1. The van der Waals surface area contributed by atoms with E-state index >= 15 is 0 Å². The van der Waals surface area contributed by atoms with Crippen LogP contribution >= 0.6 is 0 Å². The van der Waals surface area contributed by atoms with Crippen molar-refractivity contribution in [3.8, 4) is 5.88 Å². The topological polar surface area (TPSA) is 44.1 Å². The van der Waals surface area contributed by atoms with Gasteiger partial charge in [-0.1, -0.05) is 0 Å². The summed E-state index contributed by atoms with van der Waals surface area (Å²) in [5.41, 5.74) is -0.528. The van der Waals surface area contributed by atoms with Crippen molar-refractivity contribution in [1.29, 1.82) is 0 Å². The molecule has 0 amide bonds. The summed E-state index contributed by atoms with van der Waals surface area (Å²) < 4.78 is 18.7. The summed E-state index contributed by atoms with van der Waals surface area (Å²) in [6.07, 6.45) is 1.04. The van der Waals surface area contributed by atoms with E-state index in [1.54, 1.807) is 6.92 Å². The largest absolute Gasteiger partial charge is 0.476 e. The zero-order chi connectivity index (χ0) is 9.14. The molecular weight excluding hydrogens is 163 g/mol. The summed E-state index contributed by atoms with van der Waals surface area (Å²) in [6, 6.07) is 0. The second-order valence-electron chi connectivity index (χ2n) is 2.22. The van der Waals surface area contributed by atoms with Crippen LogP contribution in [0.1, 0.15) is 6.92 Å². The minimum absolute atomic E-state index is 0.236. The van der Waals surface area contributed by atoms with E-state index in [0.717, 1.165) is 10.8 Å². The minimum atomic E-state index is -0.626. The zero-order valence-corrected chi connectivity index (χ0v) is 6.87. The van der Waals surface area contributed by atoms with Crippen molar-refractivity contribution in [2.75, 3.05) is 6.61 Å². The fourth-order valence-corrected chi connectivity index (χ4v) is 0.738. The highest BCUT2D eigenvalue weighted by molar-refractivity contribution is 5.08. The molecule has 12 heavy (non-hydrogen) atoms. The van der Waals surface area contributed by atoms with Gasteiger partial charge in [0.2, 0.25) is 5.82 Å². The van der Waals surface area contributed by atoms with Gasteiger partial charge in [-0.3, -0.25) is 4.57 Å². The van der Waals surface area contributed by atoms with Crippen molar-refractivity contribution in [3.05, 3.63) is 22.5 Å². The molecule has 5 heteroatoms. The van der Waals surface area contributed by atoms with Crippen LogP contribution in [-0.2, 0) is 7.05 Å². The highest BCUT2D eigenvalue weighted by Crippen LogP contribution is 2.08. The average Bonchev–Trinajstić information content (AvgIpc) is 2.01. The second kappa shape index (κ2) is 3.34. The van der Waals surface area contributed by atoms with E-state index in [1.807, 2.05) is 0 Å². The van der Waals surface area contributed by atoms with E-state index in [9.17, 15) is 9.18 Å². The Bertz CT molecular complexity index is 335. The summed E-state index contributed by atoms with van der Waals surface area (Å²) >= 11 is 0. The van der Waals surface area contributed by atoms with Gasteiger partial charge in [0, 0.05) is 13.2 Å². The standard InChI is InChI=1S/C7H9FN2O2/c1-3-12-6-5(8)4-10(2)7(11)9-6/h4H,3H2,1-2H3. The lowest BCUT2D eigenvalue weighted by Gasteiger charge is -2.02. The molecule has 0 atom stereocenters. The van der Waals surface area contributed by atoms with E-state index in [2.05, 4.69) is 4.98 Å². The summed E-state index contributed by atoms with van der Waals surface area (Å²) in [6.45, 7) is 1.98. The maximum atomic E-state index is 12.9. The Hall–Kier alpha value is -1.39. The predicted octanol–water partition coefficient (Wildman–Crippen LogP) is 0.318. The van der Waals surface area contributed by atoms with Crippen LogP contribution in [0.4, 0.5) is 4.39 Å². The number of nitrogens with zero attached hydrogens (tertiary/aromatic N) is 2. The molecule has 1 aromatic heterocycles. The third kappa shape index (κ3) is 1.61. The maximum Gasteiger partial charge on any atom is 0.350 e. The van der Waals surface area contributed by atoms with Crippen LogP contribution in [-0.4, -0.2) is 16.2 Å². The predicted molar refractivity (Wildman–Crippen MR) is 40.6 cm³/mol. The molecule has 1 aromatic rings. The lowest BCUT2D eigenvalue weighted by Crippen LogP contribution is -2.21. The van der Waals surface area contributed by atoms with Gasteiger partial charge in [-0.05, 0) is 6.92 Å². The lowest BCUT2D eigenvalue weighted by molar-refractivity contribution is 0.302. The van der Waals surface area contributed by atoms with Crippen LogP contribution in [0.5, 0.6) is 5.88 Å². The molecule has 0 fully saturated rings. The van der Waals surface area contributed by atoms with Gasteiger partial charge in [0.15, 0.2) is 0 Å². The van der Waals surface area contributed by atoms with Crippen molar-refractivity contribution in [2.45, 2.75) is 6.92 Å². The highest BCUT2D eigenvalue weighted by Gasteiger charge is 2.06. The van der Waals surface area contributed by atoms with Crippen LogP contribution in [0.15, 0.2) is 11.0 Å². The normalized spacial score (nSPS) is 9.92. The number of hydrogen-bond acceptors (Lipinski definition) is 3. The monoisotopic (exact) mass is 172 g/mol. The third-order valence-electron chi connectivity index (χ3n) is 1.29. The second-order valence-corrected chi connectivity index (χ2v) is 2.22. The van der Waals surface area contributed by atoms with Gasteiger partial charge in [-0.25, -0.2) is 4.79 Å². The fraction of sp³-hybridized carbons (Fsp3) is 0.429. The summed E-state index contributed by atoms with van der Waals surface area (Å²) in [5, 5.41) is 0. The molecule has 0 saturated carbocycles. The Kier molecular flexibility index (Phi) is 2.42. The molecule has 0 aromatic carbocycles. The number of rotatable bonds is 2. The van der Waals surface area contributed by atoms with Crippen molar-refractivity contribution >= 4 is 0 Å². The van der Waals surface area contributed by atoms with Crippen molar-refractivity contribution < 1.29 is 9.13 Å². The number of halogens is 1. The van der Waals surface area contributed by atoms with E-state index in [4.69, 9.17) is 4.74 Å². The molecule has 0 unspecified atom stereocenters. The van der Waals surface area contributed by atoms with Gasteiger partial charge in [-0.15, -0.1) is 0 Å². The summed E-state index contributed by atoms with van der Waals surface area (Å²) in [4.78, 5) is 14.2. The van der Waals surface area contributed by atoms with Crippen LogP contribution in [0.25, 0.3) is 0 Å². The molecular formula is C7H9FN2O2. The van der Waals surface area contributed by atoms with Crippen LogP contribution in [0, 0.1) is 5.82 Å². The number of aromatic nitrogens is 2. The molecule has 0 radical (unpaired) electrons. The smallest absolute Gasteiger partial charge is 0.350 e. The Labute approximate surface area is 68.6 Å². The van der Waals surface area contributed by atoms with Gasteiger partial charge in [0.25, 0.3) is 5.88 Å². The summed E-state index contributed by atoms with van der Waals surface area (Å²) in [5.74, 6) is -0.862. The molecule has 4 nitrogen and oxygen atoms in total. The van der Waals surface area contributed by atoms with Crippen molar-refractivity contribution in [2.24, 2.45) is 7.05 Å². The summed E-state index contributed by atoms with van der Waals surface area (Å²) in [7, 11) is 1.42. The van der Waals surface area contributed by atoms with Gasteiger partial charge in [0.05, 0.1) is 6.61 Å². The number of ether oxygens (including phenoxy) is 1. The van der Waals surface area contributed by atoms with Gasteiger partial charge in [0.1, 0.15) is 0 Å². The molecule has 0 aliphatic carbocycles. The highest BCUT2D eigenvalue weighted by atomic mass is 19.1. The van der Waals surface area contributed by atoms with E-state index in [1.165, 1.54) is 7.05 Å². The van der Waals surface area contributed by atoms with E-state index in [0.29, 0.717) is 0 Å². The molecule has 66 valence electrons. The molecule has 0 bridgehead atoms. The molecule has 1 heterocycles. The Morgan fingerprint density at radius 1 is 1.75 bits per heavy atom. The molecule has 0 N–H and O–H groups in total. The maximum absolute atomic E-state index is 12.9. The van der Waals surface area contributed by atoms with Gasteiger partial charge in [-0.2, -0.15) is 9.37 Å². The Balaban J connectivity index is 3.14. The fourth-order valence-electron chi connectivity index (χ4n) is 0.738. The van der Waals surface area contributed by atoms with E-state index < -0.39 is 11.5 Å². The van der Waals surface area contributed by atoms with Crippen molar-refractivity contribution in [1.82, 2.24) is 9.55 Å². The van der Waals surface area contributed by atoms with Gasteiger partial charge < -0.3 is 4.74 Å². The first-order valence-electron chi connectivity index (χ1n) is 3.51. The molecule has 0 aliphatic heterocycles. The first-order valence-corrected chi connectivity index (χ1v) is 3.51. The molecule has 0 saturated heterocycles. The van der Waals surface area contributed by atoms with Gasteiger partial charge >= 0.3 is 5.69 Å². The van der Waals surface area contributed by atoms with E-state index in [-0.39, 0.29) is 12.5 Å². The average molecular weight is 172 g/mol.